The summed E-state index contributed by atoms with van der Waals surface area (Å²) in [6, 6.07) is 4.73. The highest BCUT2D eigenvalue weighted by molar-refractivity contribution is 9.09. The van der Waals surface area contributed by atoms with Crippen LogP contribution in [0.15, 0.2) is 18.2 Å². The van der Waals surface area contributed by atoms with Crippen molar-refractivity contribution in [1.82, 2.24) is 0 Å². The standard InChI is InChI=1S/C9H10BrNO3/c1-7-6-8(14-5-4-10)2-3-9(7)11(12)13/h2-3,6H,4-5H2,1H3. The first-order chi connectivity index (χ1) is 6.65. The molecule has 1 aromatic rings. The average molecular weight is 260 g/mol. The van der Waals surface area contributed by atoms with Crippen LogP contribution < -0.4 is 4.74 Å². The summed E-state index contributed by atoms with van der Waals surface area (Å²) in [6.45, 7) is 2.25. The first-order valence-electron chi connectivity index (χ1n) is 4.09. The zero-order chi connectivity index (χ0) is 10.6. The van der Waals surface area contributed by atoms with Crippen molar-refractivity contribution in [3.8, 4) is 5.75 Å². The van der Waals surface area contributed by atoms with E-state index in [9.17, 15) is 10.1 Å². The second-order valence-corrected chi connectivity index (χ2v) is 3.54. The Morgan fingerprint density at radius 3 is 2.79 bits per heavy atom. The molecule has 5 heteroatoms. The van der Waals surface area contributed by atoms with Gasteiger partial charge in [0.05, 0.1) is 11.5 Å². The Balaban J connectivity index is 2.83. The van der Waals surface area contributed by atoms with Crippen LogP contribution in [-0.4, -0.2) is 16.9 Å². The zero-order valence-corrected chi connectivity index (χ0v) is 9.28. The van der Waals surface area contributed by atoms with Crippen LogP contribution in [0.25, 0.3) is 0 Å². The summed E-state index contributed by atoms with van der Waals surface area (Å²) in [7, 11) is 0. The maximum atomic E-state index is 10.5. The number of alkyl halides is 1. The van der Waals surface area contributed by atoms with Gasteiger partial charge in [0.15, 0.2) is 0 Å². The lowest BCUT2D eigenvalue weighted by Crippen LogP contribution is -1.99. The first-order valence-corrected chi connectivity index (χ1v) is 5.21. The lowest BCUT2D eigenvalue weighted by atomic mass is 10.2. The minimum atomic E-state index is -0.399. The van der Waals surface area contributed by atoms with Gasteiger partial charge in [-0.05, 0) is 19.1 Å². The SMILES string of the molecule is Cc1cc(OCCBr)ccc1[N+](=O)[O-]. The predicted molar refractivity (Wildman–Crippen MR) is 57.1 cm³/mol. The van der Waals surface area contributed by atoms with Crippen LogP contribution in [0.1, 0.15) is 5.56 Å². The highest BCUT2D eigenvalue weighted by atomic mass is 79.9. The molecule has 0 aliphatic rings. The lowest BCUT2D eigenvalue weighted by molar-refractivity contribution is -0.385. The molecule has 0 radical (unpaired) electrons. The third kappa shape index (κ3) is 2.70. The van der Waals surface area contributed by atoms with Crippen molar-refractivity contribution in [2.75, 3.05) is 11.9 Å². The van der Waals surface area contributed by atoms with Gasteiger partial charge >= 0.3 is 0 Å². The van der Waals surface area contributed by atoms with Gasteiger partial charge in [-0.25, -0.2) is 0 Å². The van der Waals surface area contributed by atoms with Gasteiger partial charge in [-0.2, -0.15) is 0 Å². The Bertz CT molecular complexity index is 341. The number of nitrogens with zero attached hydrogens (tertiary/aromatic N) is 1. The molecule has 0 spiro atoms. The first kappa shape index (κ1) is 11.0. The predicted octanol–water partition coefficient (Wildman–Crippen LogP) is 2.68. The average Bonchev–Trinajstić information content (AvgIpc) is 2.14. The van der Waals surface area contributed by atoms with Crippen molar-refractivity contribution in [2.45, 2.75) is 6.92 Å². The topological polar surface area (TPSA) is 52.4 Å². The van der Waals surface area contributed by atoms with E-state index in [1.54, 1.807) is 19.1 Å². The van der Waals surface area contributed by atoms with Crippen molar-refractivity contribution in [3.63, 3.8) is 0 Å². The summed E-state index contributed by atoms with van der Waals surface area (Å²) in [6.07, 6.45) is 0. The molecule has 0 amide bonds. The normalized spacial score (nSPS) is 9.86. The van der Waals surface area contributed by atoms with Crippen molar-refractivity contribution in [2.24, 2.45) is 0 Å². The molecule has 0 heterocycles. The minimum absolute atomic E-state index is 0.121. The summed E-state index contributed by atoms with van der Waals surface area (Å²) >= 11 is 3.23. The van der Waals surface area contributed by atoms with E-state index < -0.39 is 4.92 Å². The second kappa shape index (κ2) is 4.95. The monoisotopic (exact) mass is 259 g/mol. The Hall–Kier alpha value is -1.10. The molecule has 0 aliphatic carbocycles. The molecule has 0 saturated carbocycles. The number of aryl methyl sites for hydroxylation is 1. The van der Waals surface area contributed by atoms with E-state index in [-0.39, 0.29) is 5.69 Å². The lowest BCUT2D eigenvalue weighted by Gasteiger charge is -2.04. The maximum Gasteiger partial charge on any atom is 0.272 e. The van der Waals surface area contributed by atoms with Gasteiger partial charge in [-0.15, -0.1) is 0 Å². The van der Waals surface area contributed by atoms with Crippen molar-refractivity contribution < 1.29 is 9.66 Å². The van der Waals surface area contributed by atoms with Crippen LogP contribution in [0.2, 0.25) is 0 Å². The number of nitro benzene ring substituents is 1. The number of halogens is 1. The number of ether oxygens (including phenoxy) is 1. The number of benzene rings is 1. The molecule has 1 aromatic carbocycles. The fourth-order valence-electron chi connectivity index (χ4n) is 1.08. The molecule has 0 aromatic heterocycles. The molecule has 0 fully saturated rings. The van der Waals surface area contributed by atoms with E-state index in [2.05, 4.69) is 15.9 Å². The Morgan fingerprint density at radius 1 is 1.57 bits per heavy atom. The molecule has 0 atom stereocenters. The molecule has 76 valence electrons. The van der Waals surface area contributed by atoms with Gasteiger partial charge in [-0.1, -0.05) is 15.9 Å². The van der Waals surface area contributed by atoms with Crippen LogP contribution in [-0.2, 0) is 0 Å². The fourth-order valence-corrected chi connectivity index (χ4v) is 1.24. The van der Waals surface area contributed by atoms with Crippen molar-refractivity contribution in [1.29, 1.82) is 0 Å². The highest BCUT2D eigenvalue weighted by Gasteiger charge is 2.10. The van der Waals surface area contributed by atoms with E-state index in [1.165, 1.54) is 6.07 Å². The molecule has 0 saturated heterocycles. The zero-order valence-electron chi connectivity index (χ0n) is 7.70. The molecular formula is C9H10BrNO3. The van der Waals surface area contributed by atoms with Crippen LogP contribution >= 0.6 is 15.9 Å². The second-order valence-electron chi connectivity index (χ2n) is 2.74. The molecule has 0 bridgehead atoms. The van der Waals surface area contributed by atoms with Gasteiger partial charge in [-0.3, -0.25) is 10.1 Å². The summed E-state index contributed by atoms with van der Waals surface area (Å²) < 4.78 is 5.30. The smallest absolute Gasteiger partial charge is 0.272 e. The molecule has 14 heavy (non-hydrogen) atoms. The molecule has 0 aliphatic heterocycles. The Morgan fingerprint density at radius 2 is 2.29 bits per heavy atom. The summed E-state index contributed by atoms with van der Waals surface area (Å²) in [5, 5.41) is 11.2. The Labute approximate surface area is 90.2 Å². The van der Waals surface area contributed by atoms with Crippen LogP contribution in [0.5, 0.6) is 5.75 Å². The third-order valence-corrected chi connectivity index (χ3v) is 2.03. The van der Waals surface area contributed by atoms with Gasteiger partial charge in [0, 0.05) is 17.0 Å². The number of hydrogen-bond acceptors (Lipinski definition) is 3. The summed E-state index contributed by atoms with van der Waals surface area (Å²) in [4.78, 5) is 10.1. The van der Waals surface area contributed by atoms with E-state index >= 15 is 0 Å². The number of hydrogen-bond donors (Lipinski definition) is 0. The van der Waals surface area contributed by atoms with Crippen LogP contribution in [0, 0.1) is 17.0 Å². The summed E-state index contributed by atoms with van der Waals surface area (Å²) in [5.74, 6) is 0.660. The third-order valence-electron chi connectivity index (χ3n) is 1.71. The maximum absolute atomic E-state index is 10.5. The van der Waals surface area contributed by atoms with Crippen molar-refractivity contribution in [3.05, 3.63) is 33.9 Å². The van der Waals surface area contributed by atoms with Gasteiger partial charge < -0.3 is 4.74 Å². The quantitative estimate of drug-likeness (QED) is 0.475. The fraction of sp³-hybridized carbons (Fsp3) is 0.333. The minimum Gasteiger partial charge on any atom is -0.493 e. The molecule has 4 nitrogen and oxygen atoms in total. The van der Waals surface area contributed by atoms with E-state index in [0.717, 1.165) is 5.33 Å². The van der Waals surface area contributed by atoms with Gasteiger partial charge in [0.25, 0.3) is 5.69 Å². The van der Waals surface area contributed by atoms with E-state index in [0.29, 0.717) is 17.9 Å². The number of nitro groups is 1. The van der Waals surface area contributed by atoms with Crippen LogP contribution in [0.4, 0.5) is 5.69 Å². The largest absolute Gasteiger partial charge is 0.493 e. The molecular weight excluding hydrogens is 250 g/mol. The van der Waals surface area contributed by atoms with Gasteiger partial charge in [0.1, 0.15) is 5.75 Å². The van der Waals surface area contributed by atoms with Crippen LogP contribution in [0.3, 0.4) is 0 Å². The number of rotatable bonds is 4. The molecule has 0 N–H and O–H groups in total. The summed E-state index contributed by atoms with van der Waals surface area (Å²) in [5.41, 5.74) is 0.735. The molecule has 1 rings (SSSR count). The van der Waals surface area contributed by atoms with Gasteiger partial charge in [0.2, 0.25) is 0 Å². The Kier molecular flexibility index (Phi) is 3.88. The van der Waals surface area contributed by atoms with E-state index in [1.807, 2.05) is 0 Å². The van der Waals surface area contributed by atoms with Crippen molar-refractivity contribution >= 4 is 21.6 Å². The van der Waals surface area contributed by atoms with E-state index in [4.69, 9.17) is 4.74 Å². The highest BCUT2D eigenvalue weighted by Crippen LogP contribution is 2.22. The molecule has 0 unspecified atom stereocenters.